The number of furan rings is 1. The lowest BCUT2D eigenvalue weighted by atomic mass is 9.93. The Hall–Kier alpha value is -6.59. The fraction of sp³-hybridized carbons (Fsp3) is 0.0652. The van der Waals surface area contributed by atoms with Crippen molar-refractivity contribution < 1.29 is 4.42 Å². The molecule has 9 rings (SSSR count). The van der Waals surface area contributed by atoms with Crippen LogP contribution < -0.4 is 0 Å². The summed E-state index contributed by atoms with van der Waals surface area (Å²) in [4.78, 5) is 14.4. The number of aliphatic imine (C=N–C) groups is 3. The highest BCUT2D eigenvalue weighted by Crippen LogP contribution is 2.38. The first-order valence-electron chi connectivity index (χ1n) is 17.3. The molecule has 5 heteroatoms. The molecule has 0 N–H and O–H groups in total. The topological polar surface area (TPSA) is 55.1 Å². The Kier molecular flexibility index (Phi) is 7.78. The van der Waals surface area contributed by atoms with E-state index in [0.29, 0.717) is 18.2 Å². The third kappa shape index (κ3) is 5.59. The Morgan fingerprint density at radius 1 is 0.627 bits per heavy atom. The van der Waals surface area contributed by atoms with Gasteiger partial charge in [-0.25, -0.2) is 9.98 Å². The predicted octanol–water partition coefficient (Wildman–Crippen LogP) is 11.5. The van der Waals surface area contributed by atoms with Gasteiger partial charge in [-0.3, -0.25) is 4.99 Å². The number of benzene rings is 6. The summed E-state index contributed by atoms with van der Waals surface area (Å²) in [6.45, 7) is 4.28. The monoisotopic (exact) mass is 658 g/mol. The van der Waals surface area contributed by atoms with Crippen LogP contribution in [0, 0.1) is 0 Å². The van der Waals surface area contributed by atoms with E-state index < -0.39 is 0 Å². The number of allylic oxidation sites excluding steroid dienone is 3. The van der Waals surface area contributed by atoms with Gasteiger partial charge in [0.1, 0.15) is 5.58 Å². The Labute approximate surface area is 295 Å². The summed E-state index contributed by atoms with van der Waals surface area (Å²) >= 11 is 0. The molecule has 0 atom stereocenters. The van der Waals surface area contributed by atoms with Crippen LogP contribution >= 0.6 is 0 Å². The molecule has 2 heterocycles. The van der Waals surface area contributed by atoms with Gasteiger partial charge in [0.05, 0.1) is 23.3 Å². The van der Waals surface area contributed by atoms with Crippen molar-refractivity contribution in [2.45, 2.75) is 19.4 Å². The molecule has 0 amide bonds. The molecule has 8 aromatic rings. The first-order chi connectivity index (χ1) is 25.2. The van der Waals surface area contributed by atoms with Crippen LogP contribution in [0.5, 0.6) is 0 Å². The molecule has 51 heavy (non-hydrogen) atoms. The number of fused-ring (bicyclic) bond motifs is 6. The van der Waals surface area contributed by atoms with E-state index in [9.17, 15) is 0 Å². The molecule has 6 aromatic carbocycles. The molecule has 0 saturated heterocycles. The van der Waals surface area contributed by atoms with E-state index in [4.69, 9.17) is 14.4 Å². The van der Waals surface area contributed by atoms with Crippen LogP contribution in [0.4, 0.5) is 0 Å². The van der Waals surface area contributed by atoms with Crippen LogP contribution in [0.1, 0.15) is 29.5 Å². The van der Waals surface area contributed by atoms with Crippen LogP contribution in [-0.4, -0.2) is 23.0 Å². The van der Waals surface area contributed by atoms with E-state index in [-0.39, 0.29) is 0 Å². The Bertz CT molecular complexity index is 2670. The van der Waals surface area contributed by atoms with Gasteiger partial charge in [0.2, 0.25) is 0 Å². The summed E-state index contributed by atoms with van der Waals surface area (Å²) in [6, 6.07) is 50.4. The van der Waals surface area contributed by atoms with Gasteiger partial charge in [0, 0.05) is 27.1 Å². The highest BCUT2D eigenvalue weighted by atomic mass is 16.3. The Balaban J connectivity index is 1.11. The van der Waals surface area contributed by atoms with Crippen molar-refractivity contribution in [3.05, 3.63) is 180 Å². The summed E-state index contributed by atoms with van der Waals surface area (Å²) < 4.78 is 9.04. The SMILES string of the molecule is C=N/C(=N\C(=N/Cc1ccc2c(c1)oc1c(-n3c4ccccc4c4ccccc43)cccc12)C1=CC=C(c2ccccc2)CC1)c1ccccc1. The minimum atomic E-state index is 0.442. The molecule has 2 aromatic heterocycles. The van der Waals surface area contributed by atoms with Crippen molar-refractivity contribution in [3.63, 3.8) is 0 Å². The number of rotatable bonds is 6. The van der Waals surface area contributed by atoms with E-state index in [1.807, 2.05) is 30.3 Å². The highest BCUT2D eigenvalue weighted by molar-refractivity contribution is 6.14. The average molecular weight is 659 g/mol. The maximum Gasteiger partial charge on any atom is 0.160 e. The number of para-hydroxylation sites is 3. The molecule has 5 nitrogen and oxygen atoms in total. The smallest absolute Gasteiger partial charge is 0.160 e. The van der Waals surface area contributed by atoms with Crippen molar-refractivity contribution in [2.75, 3.05) is 0 Å². The van der Waals surface area contributed by atoms with Gasteiger partial charge < -0.3 is 8.98 Å². The molecule has 0 fully saturated rings. The van der Waals surface area contributed by atoms with Gasteiger partial charge in [-0.15, -0.1) is 0 Å². The van der Waals surface area contributed by atoms with Crippen LogP contribution in [0.3, 0.4) is 0 Å². The van der Waals surface area contributed by atoms with Crippen LogP contribution in [0.25, 0.3) is 55.0 Å². The minimum absolute atomic E-state index is 0.442. The maximum atomic E-state index is 6.72. The first kappa shape index (κ1) is 30.5. The standard InChI is InChI=1S/C46H34N4O/c1-47-45(34-15-6-3-7-16-34)49-46(35-26-24-33(25-27-35)32-13-4-2-5-14-32)48-30-31-23-28-38-39-19-12-22-42(44(39)51-43(38)29-31)50-40-20-10-8-17-36(40)37-18-9-11-21-41(37)50/h2-24,26,28-29H,1,25,27,30H2/b48-46-,49-45-. The second-order valence-corrected chi connectivity index (χ2v) is 12.8. The zero-order valence-corrected chi connectivity index (χ0v) is 28.0. The summed E-state index contributed by atoms with van der Waals surface area (Å²) in [5, 5.41) is 4.61. The molecule has 0 radical (unpaired) electrons. The van der Waals surface area contributed by atoms with Crippen LogP contribution in [0.2, 0.25) is 0 Å². The summed E-state index contributed by atoms with van der Waals surface area (Å²) in [6.07, 6.45) is 6.08. The quantitative estimate of drug-likeness (QED) is 0.130. The van der Waals surface area contributed by atoms with Gasteiger partial charge in [0.15, 0.2) is 17.3 Å². The molecule has 1 aliphatic rings. The third-order valence-corrected chi connectivity index (χ3v) is 9.75. The van der Waals surface area contributed by atoms with E-state index in [0.717, 1.165) is 68.2 Å². The molecular weight excluding hydrogens is 625 g/mol. The molecule has 0 aliphatic heterocycles. The van der Waals surface area contributed by atoms with Crippen molar-refractivity contribution in [3.8, 4) is 5.69 Å². The van der Waals surface area contributed by atoms with Crippen molar-refractivity contribution in [1.29, 1.82) is 0 Å². The van der Waals surface area contributed by atoms with Gasteiger partial charge in [-0.1, -0.05) is 133 Å². The number of aromatic nitrogens is 1. The molecule has 0 unspecified atom stereocenters. The molecule has 0 spiro atoms. The fourth-order valence-corrected chi connectivity index (χ4v) is 7.25. The number of nitrogens with zero attached hydrogens (tertiary/aromatic N) is 4. The van der Waals surface area contributed by atoms with Crippen molar-refractivity contribution in [2.24, 2.45) is 15.0 Å². The lowest BCUT2D eigenvalue weighted by molar-refractivity contribution is 0.665. The van der Waals surface area contributed by atoms with Crippen molar-refractivity contribution >= 4 is 67.7 Å². The second kappa shape index (κ2) is 13.0. The van der Waals surface area contributed by atoms with Gasteiger partial charge in [0.25, 0.3) is 0 Å². The minimum Gasteiger partial charge on any atom is -0.454 e. The molecule has 1 aliphatic carbocycles. The fourth-order valence-electron chi connectivity index (χ4n) is 7.25. The lowest BCUT2D eigenvalue weighted by Gasteiger charge is -2.15. The lowest BCUT2D eigenvalue weighted by Crippen LogP contribution is -2.09. The Morgan fingerprint density at radius 2 is 1.31 bits per heavy atom. The van der Waals surface area contributed by atoms with Gasteiger partial charge in [-0.2, -0.15) is 0 Å². The number of hydrogen-bond acceptors (Lipinski definition) is 2. The molecule has 0 saturated carbocycles. The zero-order chi connectivity index (χ0) is 34.1. The Morgan fingerprint density at radius 3 is 2.02 bits per heavy atom. The highest BCUT2D eigenvalue weighted by Gasteiger charge is 2.18. The number of amidine groups is 2. The maximum absolute atomic E-state index is 6.72. The van der Waals surface area contributed by atoms with Gasteiger partial charge in [-0.05, 0) is 66.1 Å². The van der Waals surface area contributed by atoms with Gasteiger partial charge >= 0.3 is 0 Å². The zero-order valence-electron chi connectivity index (χ0n) is 28.0. The van der Waals surface area contributed by atoms with Crippen LogP contribution in [-0.2, 0) is 6.54 Å². The van der Waals surface area contributed by atoms with Crippen LogP contribution in [0.15, 0.2) is 183 Å². The normalized spacial score (nSPS) is 14.0. The number of hydrogen-bond donors (Lipinski definition) is 0. The summed E-state index contributed by atoms with van der Waals surface area (Å²) in [7, 11) is 0. The second-order valence-electron chi connectivity index (χ2n) is 12.8. The molecule has 0 bridgehead atoms. The van der Waals surface area contributed by atoms with Crippen molar-refractivity contribution in [1.82, 2.24) is 4.57 Å². The summed E-state index contributed by atoms with van der Waals surface area (Å²) in [5.41, 5.74) is 10.6. The third-order valence-electron chi connectivity index (χ3n) is 9.75. The van der Waals surface area contributed by atoms with E-state index in [1.54, 1.807) is 0 Å². The van der Waals surface area contributed by atoms with E-state index in [2.05, 4.69) is 144 Å². The predicted molar refractivity (Wildman–Crippen MR) is 213 cm³/mol. The van der Waals surface area contributed by atoms with E-state index in [1.165, 1.54) is 21.9 Å². The largest absolute Gasteiger partial charge is 0.454 e. The summed E-state index contributed by atoms with van der Waals surface area (Å²) in [5.74, 6) is 1.22. The van der Waals surface area contributed by atoms with E-state index >= 15 is 0 Å². The molecular formula is C46H34N4O. The first-order valence-corrected chi connectivity index (χ1v) is 17.3. The molecule has 244 valence electrons. The average Bonchev–Trinajstić information content (AvgIpc) is 3.74.